The van der Waals surface area contributed by atoms with Gasteiger partial charge in [-0.05, 0) is 6.07 Å². The van der Waals surface area contributed by atoms with E-state index in [2.05, 4.69) is 15.3 Å². The van der Waals surface area contributed by atoms with E-state index >= 15 is 0 Å². The summed E-state index contributed by atoms with van der Waals surface area (Å²) in [5.74, 6) is 0. The molecule has 0 fully saturated rings. The maximum absolute atomic E-state index is 12.3. The van der Waals surface area contributed by atoms with Crippen molar-refractivity contribution in [1.82, 2.24) is 15.3 Å². The number of halogens is 3. The van der Waals surface area contributed by atoms with E-state index in [1.807, 2.05) is 13.8 Å². The third kappa shape index (κ3) is 4.99. The third-order valence-corrected chi connectivity index (χ3v) is 1.81. The predicted octanol–water partition coefficient (Wildman–Crippen LogP) is 1.87. The zero-order chi connectivity index (χ0) is 12.9. The molecule has 0 saturated heterocycles. The molecule has 0 aliphatic carbocycles. The van der Waals surface area contributed by atoms with Crippen molar-refractivity contribution >= 4 is 0 Å². The maximum atomic E-state index is 12.3. The summed E-state index contributed by atoms with van der Waals surface area (Å²) in [7, 11) is 0. The first-order valence-electron chi connectivity index (χ1n) is 5.16. The van der Waals surface area contributed by atoms with Gasteiger partial charge in [0.2, 0.25) is 0 Å². The first kappa shape index (κ1) is 13.7. The number of alkyl halides is 3. The second-order valence-electron chi connectivity index (χ2n) is 3.68. The number of nitrogens with zero attached hydrogens (tertiary/aromatic N) is 2. The molecular weight excluding hydrogens is 235 g/mol. The molecule has 0 aliphatic heterocycles. The van der Waals surface area contributed by atoms with Crippen molar-refractivity contribution in [3.63, 3.8) is 0 Å². The number of hydrogen-bond donors (Lipinski definition) is 1. The Kier molecular flexibility index (Phi) is 4.68. The molecule has 0 amide bonds. The molecule has 1 rings (SSSR count). The Hall–Kier alpha value is -1.37. The van der Waals surface area contributed by atoms with Crippen LogP contribution in [0.25, 0.3) is 0 Å². The molecule has 7 heteroatoms. The van der Waals surface area contributed by atoms with Gasteiger partial charge in [0.05, 0.1) is 0 Å². The van der Waals surface area contributed by atoms with Gasteiger partial charge < -0.3 is 10.1 Å². The second-order valence-corrected chi connectivity index (χ2v) is 3.68. The Labute approximate surface area is 97.2 Å². The molecule has 4 nitrogen and oxygen atoms in total. The normalized spacial score (nSPS) is 11.9. The summed E-state index contributed by atoms with van der Waals surface area (Å²) in [6.45, 7) is 4.66. The molecule has 0 bridgehead atoms. The Balaban J connectivity index is 2.49. The van der Waals surface area contributed by atoms with Crippen LogP contribution >= 0.6 is 0 Å². The van der Waals surface area contributed by atoms with Crippen molar-refractivity contribution in [2.24, 2.45) is 0 Å². The Morgan fingerprint density at radius 2 is 2.12 bits per heavy atom. The number of rotatable bonds is 5. The highest BCUT2D eigenvalue weighted by atomic mass is 19.4. The first-order valence-corrected chi connectivity index (χ1v) is 5.16. The lowest BCUT2D eigenvalue weighted by Gasteiger charge is -2.09. The van der Waals surface area contributed by atoms with Crippen molar-refractivity contribution in [1.29, 1.82) is 0 Å². The van der Waals surface area contributed by atoms with Gasteiger partial charge in [0, 0.05) is 18.8 Å². The molecule has 0 aliphatic rings. The van der Waals surface area contributed by atoms with Crippen LogP contribution in [0, 0.1) is 0 Å². The molecule has 0 aromatic carbocycles. The van der Waals surface area contributed by atoms with Gasteiger partial charge in [-0.25, -0.2) is 4.98 Å². The van der Waals surface area contributed by atoms with E-state index in [1.165, 1.54) is 0 Å². The molecule has 1 aromatic heterocycles. The van der Waals surface area contributed by atoms with E-state index < -0.39 is 11.9 Å². The summed E-state index contributed by atoms with van der Waals surface area (Å²) < 4.78 is 41.9. The molecule has 0 unspecified atom stereocenters. The fourth-order valence-electron chi connectivity index (χ4n) is 1.06. The zero-order valence-electron chi connectivity index (χ0n) is 9.58. The molecule has 96 valence electrons. The van der Waals surface area contributed by atoms with E-state index in [0.717, 1.165) is 12.3 Å². The van der Waals surface area contributed by atoms with Crippen LogP contribution in [0.2, 0.25) is 0 Å². The van der Waals surface area contributed by atoms with Gasteiger partial charge in [-0.15, -0.1) is 0 Å². The monoisotopic (exact) mass is 249 g/mol. The minimum Gasteiger partial charge on any atom is -0.462 e. The third-order valence-electron chi connectivity index (χ3n) is 1.81. The van der Waals surface area contributed by atoms with Crippen LogP contribution in [0.1, 0.15) is 19.5 Å². The molecule has 1 heterocycles. The van der Waals surface area contributed by atoms with Gasteiger partial charge in [-0.2, -0.15) is 18.2 Å². The van der Waals surface area contributed by atoms with Crippen LogP contribution in [-0.2, 0) is 6.18 Å². The Morgan fingerprint density at radius 3 is 2.71 bits per heavy atom. The fourth-order valence-corrected chi connectivity index (χ4v) is 1.06. The van der Waals surface area contributed by atoms with Crippen molar-refractivity contribution in [3.8, 4) is 6.01 Å². The molecule has 0 saturated carbocycles. The minimum absolute atomic E-state index is 0.222. The van der Waals surface area contributed by atoms with Gasteiger partial charge in [0.15, 0.2) is 5.69 Å². The molecule has 1 aromatic rings. The van der Waals surface area contributed by atoms with Gasteiger partial charge >= 0.3 is 12.2 Å². The number of hydrogen-bond acceptors (Lipinski definition) is 4. The summed E-state index contributed by atoms with van der Waals surface area (Å²) in [6, 6.07) is 0.839. The minimum atomic E-state index is -4.47. The van der Waals surface area contributed by atoms with Crippen molar-refractivity contribution in [2.45, 2.75) is 26.1 Å². The van der Waals surface area contributed by atoms with Crippen molar-refractivity contribution < 1.29 is 17.9 Å². The lowest BCUT2D eigenvalue weighted by Crippen LogP contribution is -2.27. The predicted molar refractivity (Wildman–Crippen MR) is 55.7 cm³/mol. The average molecular weight is 249 g/mol. The van der Waals surface area contributed by atoms with Crippen LogP contribution in [0.15, 0.2) is 12.3 Å². The molecule has 0 spiro atoms. The smallest absolute Gasteiger partial charge is 0.433 e. The van der Waals surface area contributed by atoms with Crippen LogP contribution in [0.5, 0.6) is 6.01 Å². The molecular formula is C10H14F3N3O. The lowest BCUT2D eigenvalue weighted by molar-refractivity contribution is -0.141. The lowest BCUT2D eigenvalue weighted by atomic mass is 10.4. The molecule has 17 heavy (non-hydrogen) atoms. The SMILES string of the molecule is CC(C)NCCOc1nccc(C(F)(F)F)n1. The van der Waals surface area contributed by atoms with Gasteiger partial charge in [0.25, 0.3) is 0 Å². The summed E-state index contributed by atoms with van der Waals surface area (Å²) >= 11 is 0. The maximum Gasteiger partial charge on any atom is 0.433 e. The largest absolute Gasteiger partial charge is 0.462 e. The number of ether oxygens (including phenoxy) is 1. The highest BCUT2D eigenvalue weighted by Gasteiger charge is 2.32. The highest BCUT2D eigenvalue weighted by molar-refractivity contribution is 5.08. The summed E-state index contributed by atoms with van der Waals surface area (Å²) in [4.78, 5) is 6.88. The summed E-state index contributed by atoms with van der Waals surface area (Å²) in [6.07, 6.45) is -3.45. The van der Waals surface area contributed by atoms with Gasteiger partial charge in [0.1, 0.15) is 6.61 Å². The second kappa shape index (κ2) is 5.81. The fraction of sp³-hybridized carbons (Fsp3) is 0.600. The van der Waals surface area contributed by atoms with Gasteiger partial charge in [-0.1, -0.05) is 13.8 Å². The highest BCUT2D eigenvalue weighted by Crippen LogP contribution is 2.27. The summed E-state index contributed by atoms with van der Waals surface area (Å²) in [5.41, 5.74) is -1.00. The Bertz CT molecular complexity index is 355. The van der Waals surface area contributed by atoms with E-state index in [9.17, 15) is 13.2 Å². The van der Waals surface area contributed by atoms with Crippen LogP contribution in [0.4, 0.5) is 13.2 Å². The van der Waals surface area contributed by atoms with Crippen LogP contribution in [-0.4, -0.2) is 29.2 Å². The van der Waals surface area contributed by atoms with E-state index in [4.69, 9.17) is 4.74 Å². The molecule has 0 radical (unpaired) electrons. The van der Waals surface area contributed by atoms with Gasteiger partial charge in [-0.3, -0.25) is 0 Å². The first-order chi connectivity index (χ1) is 7.89. The quantitative estimate of drug-likeness (QED) is 0.809. The van der Waals surface area contributed by atoms with Crippen LogP contribution in [0.3, 0.4) is 0 Å². The molecule has 0 atom stereocenters. The topological polar surface area (TPSA) is 47.0 Å². The zero-order valence-corrected chi connectivity index (χ0v) is 9.58. The van der Waals surface area contributed by atoms with Crippen molar-refractivity contribution in [2.75, 3.05) is 13.2 Å². The number of nitrogens with one attached hydrogen (secondary N) is 1. The number of aromatic nitrogens is 2. The molecule has 1 N–H and O–H groups in total. The Morgan fingerprint density at radius 1 is 1.41 bits per heavy atom. The van der Waals surface area contributed by atoms with E-state index in [0.29, 0.717) is 12.6 Å². The summed E-state index contributed by atoms with van der Waals surface area (Å²) in [5, 5.41) is 3.06. The van der Waals surface area contributed by atoms with E-state index in [-0.39, 0.29) is 12.6 Å². The van der Waals surface area contributed by atoms with Crippen molar-refractivity contribution in [3.05, 3.63) is 18.0 Å². The standard InChI is InChI=1S/C10H14F3N3O/c1-7(2)14-5-6-17-9-15-4-3-8(16-9)10(11,12)13/h3-4,7,14H,5-6H2,1-2H3. The van der Waals surface area contributed by atoms with Crippen LogP contribution < -0.4 is 10.1 Å². The average Bonchev–Trinajstić information content (AvgIpc) is 2.23. The van der Waals surface area contributed by atoms with E-state index in [1.54, 1.807) is 0 Å².